The third-order valence-electron chi connectivity index (χ3n) is 2.92. The van der Waals surface area contributed by atoms with Crippen LogP contribution in [-0.4, -0.2) is 34.9 Å². The van der Waals surface area contributed by atoms with Crippen LogP contribution >= 0.6 is 0 Å². The number of unbranched alkanes of at least 4 members (excludes halogenated alkanes) is 2. The molecule has 0 aromatic rings. The highest BCUT2D eigenvalue weighted by atomic mass is 16.5. The molecule has 2 atom stereocenters. The molecule has 0 aliphatic heterocycles. The van der Waals surface area contributed by atoms with E-state index in [9.17, 15) is 9.59 Å². The molecule has 0 rings (SSSR count). The fourth-order valence-electron chi connectivity index (χ4n) is 1.68. The van der Waals surface area contributed by atoms with Gasteiger partial charge in [-0.1, -0.05) is 31.9 Å². The van der Waals surface area contributed by atoms with Gasteiger partial charge in [0.1, 0.15) is 6.10 Å². The van der Waals surface area contributed by atoms with Crippen molar-refractivity contribution in [3.63, 3.8) is 0 Å². The largest absolute Gasteiger partial charge is 0.481 e. The molecule has 0 bridgehead atoms. The second-order valence-corrected chi connectivity index (χ2v) is 4.91. The Hall–Kier alpha value is -1.36. The SMILES string of the molecule is CCCC/C=C/CCC(CC(=O)OC(C)CO)C(=O)O. The van der Waals surface area contributed by atoms with E-state index in [1.165, 1.54) is 0 Å². The van der Waals surface area contributed by atoms with E-state index < -0.39 is 24.0 Å². The Morgan fingerprint density at radius 1 is 1.25 bits per heavy atom. The predicted molar refractivity (Wildman–Crippen MR) is 76.3 cm³/mol. The Morgan fingerprint density at radius 3 is 2.45 bits per heavy atom. The third kappa shape index (κ3) is 9.55. The van der Waals surface area contributed by atoms with Gasteiger partial charge in [-0.15, -0.1) is 0 Å². The molecule has 0 aromatic heterocycles. The standard InChI is InChI=1S/C15H26O5/c1-3-4-5-6-7-8-9-13(15(18)19)10-14(17)20-12(2)11-16/h6-7,12-13,16H,3-5,8-11H2,1-2H3,(H,18,19)/b7-6+. The summed E-state index contributed by atoms with van der Waals surface area (Å²) in [5.74, 6) is -2.29. The maximum absolute atomic E-state index is 11.5. The molecule has 0 radical (unpaired) electrons. The first-order chi connectivity index (χ1) is 9.51. The Bertz CT molecular complexity index is 311. The number of carbonyl (C=O) groups is 2. The highest BCUT2D eigenvalue weighted by molar-refractivity contribution is 5.78. The van der Waals surface area contributed by atoms with Crippen molar-refractivity contribution in [1.29, 1.82) is 0 Å². The van der Waals surface area contributed by atoms with Crippen molar-refractivity contribution >= 4 is 11.9 Å². The number of hydrogen-bond acceptors (Lipinski definition) is 4. The number of allylic oxidation sites excluding steroid dienone is 2. The molecule has 0 aliphatic carbocycles. The van der Waals surface area contributed by atoms with E-state index >= 15 is 0 Å². The normalized spacial score (nSPS) is 14.2. The van der Waals surface area contributed by atoms with Crippen molar-refractivity contribution in [1.82, 2.24) is 0 Å². The van der Waals surface area contributed by atoms with E-state index in [-0.39, 0.29) is 13.0 Å². The summed E-state index contributed by atoms with van der Waals surface area (Å²) in [5, 5.41) is 17.8. The van der Waals surface area contributed by atoms with Crippen molar-refractivity contribution in [3.05, 3.63) is 12.2 Å². The predicted octanol–water partition coefficient (Wildman–Crippen LogP) is 2.53. The molecule has 2 N–H and O–H groups in total. The van der Waals surface area contributed by atoms with Gasteiger partial charge in [-0.3, -0.25) is 9.59 Å². The van der Waals surface area contributed by atoms with Crippen LogP contribution < -0.4 is 0 Å². The number of rotatable bonds is 11. The van der Waals surface area contributed by atoms with Crippen LogP contribution in [0.4, 0.5) is 0 Å². The molecule has 0 fully saturated rings. The van der Waals surface area contributed by atoms with Gasteiger partial charge < -0.3 is 14.9 Å². The maximum atomic E-state index is 11.5. The minimum atomic E-state index is -0.986. The molecule has 5 nitrogen and oxygen atoms in total. The molecule has 2 unspecified atom stereocenters. The van der Waals surface area contributed by atoms with Gasteiger partial charge in [0.05, 0.1) is 18.9 Å². The molecular formula is C15H26O5. The lowest BCUT2D eigenvalue weighted by Crippen LogP contribution is -2.23. The number of hydrogen-bond donors (Lipinski definition) is 2. The van der Waals surface area contributed by atoms with Crippen LogP contribution in [0.1, 0.15) is 52.4 Å². The summed E-state index contributed by atoms with van der Waals surface area (Å²) in [6.45, 7) is 3.42. The average molecular weight is 286 g/mol. The van der Waals surface area contributed by atoms with E-state index in [4.69, 9.17) is 14.9 Å². The van der Waals surface area contributed by atoms with Crippen LogP contribution in [0.15, 0.2) is 12.2 Å². The van der Waals surface area contributed by atoms with Crippen LogP contribution in [0, 0.1) is 5.92 Å². The summed E-state index contributed by atoms with van der Waals surface area (Å²) in [7, 11) is 0. The first-order valence-corrected chi connectivity index (χ1v) is 7.19. The van der Waals surface area contributed by atoms with Gasteiger partial charge in [0.25, 0.3) is 0 Å². The Balaban J connectivity index is 4.07. The minimum Gasteiger partial charge on any atom is -0.481 e. The van der Waals surface area contributed by atoms with Gasteiger partial charge >= 0.3 is 11.9 Å². The molecule has 0 saturated heterocycles. The fraction of sp³-hybridized carbons (Fsp3) is 0.733. The average Bonchev–Trinajstić information content (AvgIpc) is 2.40. The highest BCUT2D eigenvalue weighted by Crippen LogP contribution is 2.14. The van der Waals surface area contributed by atoms with Crippen molar-refractivity contribution in [2.75, 3.05) is 6.61 Å². The number of ether oxygens (including phenoxy) is 1. The third-order valence-corrected chi connectivity index (χ3v) is 2.92. The first kappa shape index (κ1) is 18.6. The summed E-state index contributed by atoms with van der Waals surface area (Å²) in [4.78, 5) is 22.6. The molecule has 0 amide bonds. The summed E-state index contributed by atoms with van der Waals surface area (Å²) >= 11 is 0. The zero-order chi connectivity index (χ0) is 15.4. The molecule has 0 aromatic carbocycles. The fourth-order valence-corrected chi connectivity index (χ4v) is 1.68. The van der Waals surface area contributed by atoms with Crippen molar-refractivity contribution < 1.29 is 24.5 Å². The molecule has 0 saturated carbocycles. The summed E-state index contributed by atoms with van der Waals surface area (Å²) in [5.41, 5.74) is 0. The van der Waals surface area contributed by atoms with Crippen molar-refractivity contribution in [2.45, 2.75) is 58.5 Å². The highest BCUT2D eigenvalue weighted by Gasteiger charge is 2.22. The van der Waals surface area contributed by atoms with Crippen molar-refractivity contribution in [3.8, 4) is 0 Å². The van der Waals surface area contributed by atoms with E-state index in [0.29, 0.717) is 12.8 Å². The lowest BCUT2D eigenvalue weighted by molar-refractivity contribution is -0.156. The summed E-state index contributed by atoms with van der Waals surface area (Å²) < 4.78 is 4.87. The van der Waals surface area contributed by atoms with Crippen molar-refractivity contribution in [2.24, 2.45) is 5.92 Å². The molecule has 20 heavy (non-hydrogen) atoms. The number of carbonyl (C=O) groups excluding carboxylic acids is 1. The van der Waals surface area contributed by atoms with Gasteiger partial charge in [0.15, 0.2) is 0 Å². The van der Waals surface area contributed by atoms with Crippen LogP contribution in [-0.2, 0) is 14.3 Å². The number of aliphatic hydroxyl groups excluding tert-OH is 1. The molecule has 0 aliphatic rings. The van der Waals surface area contributed by atoms with E-state index in [1.54, 1.807) is 6.92 Å². The monoisotopic (exact) mass is 286 g/mol. The summed E-state index contributed by atoms with van der Waals surface area (Å²) in [6, 6.07) is 0. The zero-order valence-electron chi connectivity index (χ0n) is 12.4. The van der Waals surface area contributed by atoms with E-state index in [2.05, 4.69) is 13.0 Å². The van der Waals surface area contributed by atoms with Crippen LogP contribution in [0.25, 0.3) is 0 Å². The van der Waals surface area contributed by atoms with E-state index in [0.717, 1.165) is 19.3 Å². The zero-order valence-corrected chi connectivity index (χ0v) is 12.4. The Kier molecular flexibility index (Phi) is 10.7. The minimum absolute atomic E-state index is 0.150. The van der Waals surface area contributed by atoms with Crippen LogP contribution in [0.3, 0.4) is 0 Å². The molecule has 116 valence electrons. The Labute approximate surface area is 120 Å². The quantitative estimate of drug-likeness (QED) is 0.346. The number of esters is 1. The lowest BCUT2D eigenvalue weighted by Gasteiger charge is -2.13. The number of aliphatic hydroxyl groups is 1. The van der Waals surface area contributed by atoms with Crippen LogP contribution in [0.5, 0.6) is 0 Å². The topological polar surface area (TPSA) is 83.8 Å². The second-order valence-electron chi connectivity index (χ2n) is 4.91. The van der Waals surface area contributed by atoms with Crippen LogP contribution in [0.2, 0.25) is 0 Å². The van der Waals surface area contributed by atoms with Gasteiger partial charge in [-0.25, -0.2) is 0 Å². The van der Waals surface area contributed by atoms with Gasteiger partial charge in [0, 0.05) is 0 Å². The van der Waals surface area contributed by atoms with E-state index in [1.807, 2.05) is 6.08 Å². The lowest BCUT2D eigenvalue weighted by atomic mass is 9.99. The summed E-state index contributed by atoms with van der Waals surface area (Å²) in [6.07, 6.45) is 7.60. The first-order valence-electron chi connectivity index (χ1n) is 7.19. The Morgan fingerprint density at radius 2 is 1.90 bits per heavy atom. The van der Waals surface area contributed by atoms with Gasteiger partial charge in [-0.05, 0) is 26.2 Å². The smallest absolute Gasteiger partial charge is 0.307 e. The number of aliphatic carboxylic acids is 1. The number of carboxylic acid groups (broad SMARTS) is 1. The maximum Gasteiger partial charge on any atom is 0.307 e. The molecular weight excluding hydrogens is 260 g/mol. The number of carboxylic acids is 1. The molecule has 5 heteroatoms. The van der Waals surface area contributed by atoms with Gasteiger partial charge in [0.2, 0.25) is 0 Å². The second kappa shape index (κ2) is 11.5. The molecule has 0 heterocycles. The van der Waals surface area contributed by atoms with Gasteiger partial charge in [-0.2, -0.15) is 0 Å². The molecule has 0 spiro atoms.